The highest BCUT2D eigenvalue weighted by Gasteiger charge is 2.44. The van der Waals surface area contributed by atoms with Crippen molar-refractivity contribution < 1.29 is 9.53 Å². The highest BCUT2D eigenvalue weighted by molar-refractivity contribution is 6.50. The van der Waals surface area contributed by atoms with Crippen LogP contribution in [0.4, 0.5) is 0 Å². The van der Waals surface area contributed by atoms with E-state index in [9.17, 15) is 4.79 Å². The molecule has 1 fully saturated rings. The van der Waals surface area contributed by atoms with E-state index in [1.165, 1.54) is 0 Å². The Morgan fingerprint density at radius 2 is 2.00 bits per heavy atom. The smallest absolute Gasteiger partial charge is 0.199 e. The first-order valence-electron chi connectivity index (χ1n) is 5.39. The van der Waals surface area contributed by atoms with Crippen molar-refractivity contribution in [2.75, 3.05) is 6.61 Å². The van der Waals surface area contributed by atoms with Gasteiger partial charge in [-0.1, -0.05) is 35.9 Å². The molecule has 0 N–H and O–H groups in total. The summed E-state index contributed by atoms with van der Waals surface area (Å²) in [6, 6.07) is 7.43. The van der Waals surface area contributed by atoms with Crippen LogP contribution in [0.2, 0.25) is 0 Å². The molecule has 1 unspecified atom stereocenters. The number of fused-ring (bicyclic) bond motifs is 1. The second kappa shape index (κ2) is 3.44. The minimum Gasteiger partial charge on any atom is -0.363 e. The van der Waals surface area contributed by atoms with Gasteiger partial charge in [0.25, 0.3) is 0 Å². The number of ketones is 1. The van der Waals surface area contributed by atoms with Crippen LogP contribution in [-0.2, 0) is 4.74 Å². The van der Waals surface area contributed by atoms with Crippen LogP contribution in [0, 0.1) is 0 Å². The van der Waals surface area contributed by atoms with Crippen LogP contribution in [0.1, 0.15) is 28.8 Å². The zero-order valence-corrected chi connectivity index (χ0v) is 9.46. The van der Waals surface area contributed by atoms with E-state index in [1.807, 2.05) is 24.3 Å². The molecule has 1 aliphatic carbocycles. The third-order valence-electron chi connectivity index (χ3n) is 3.23. The fraction of sp³-hybridized carbons (Fsp3) is 0.308. The molecule has 1 heterocycles. The Labute approximate surface area is 98.9 Å². The van der Waals surface area contributed by atoms with Crippen LogP contribution >= 0.6 is 11.6 Å². The number of rotatable bonds is 0. The minimum atomic E-state index is -0.786. The van der Waals surface area contributed by atoms with Crippen molar-refractivity contribution in [3.8, 4) is 0 Å². The van der Waals surface area contributed by atoms with Crippen molar-refractivity contribution >= 4 is 22.4 Å². The van der Waals surface area contributed by atoms with Gasteiger partial charge in [0.1, 0.15) is 0 Å². The molecule has 1 spiro atoms. The lowest BCUT2D eigenvalue weighted by atomic mass is 9.83. The Kier molecular flexibility index (Phi) is 2.16. The second-order valence-electron chi connectivity index (χ2n) is 4.21. The third-order valence-corrected chi connectivity index (χ3v) is 3.54. The number of hydrogen-bond donors (Lipinski definition) is 0. The lowest BCUT2D eigenvalue weighted by Gasteiger charge is -2.28. The molecule has 1 saturated heterocycles. The van der Waals surface area contributed by atoms with Crippen molar-refractivity contribution in [2.24, 2.45) is 0 Å². The summed E-state index contributed by atoms with van der Waals surface area (Å²) in [5, 5.41) is 0.622. The Morgan fingerprint density at radius 1 is 1.25 bits per heavy atom. The second-order valence-corrected chi connectivity index (χ2v) is 4.62. The van der Waals surface area contributed by atoms with Gasteiger partial charge in [0.05, 0.1) is 0 Å². The van der Waals surface area contributed by atoms with Crippen LogP contribution in [0.25, 0.3) is 5.03 Å². The van der Waals surface area contributed by atoms with Gasteiger partial charge in [-0.05, 0) is 18.9 Å². The molecule has 2 aliphatic rings. The quantitative estimate of drug-likeness (QED) is 0.690. The first-order chi connectivity index (χ1) is 7.73. The summed E-state index contributed by atoms with van der Waals surface area (Å²) in [7, 11) is 0. The van der Waals surface area contributed by atoms with Gasteiger partial charge < -0.3 is 4.74 Å². The van der Waals surface area contributed by atoms with E-state index >= 15 is 0 Å². The standard InChI is InChI=1S/C13H11ClO2/c14-11-8-13(6-3-7-16-13)12(15)10-5-2-1-4-9(10)11/h1-2,4-5,8H,3,6-7H2. The van der Waals surface area contributed by atoms with E-state index in [-0.39, 0.29) is 5.78 Å². The monoisotopic (exact) mass is 234 g/mol. The number of carbonyl (C=O) groups is 1. The van der Waals surface area contributed by atoms with E-state index in [0.29, 0.717) is 17.2 Å². The first kappa shape index (κ1) is 10.1. The molecule has 1 aromatic rings. The molecule has 16 heavy (non-hydrogen) atoms. The molecule has 0 radical (unpaired) electrons. The molecule has 3 heteroatoms. The van der Waals surface area contributed by atoms with E-state index in [1.54, 1.807) is 6.08 Å². The molecule has 2 nitrogen and oxygen atoms in total. The molecular formula is C13H11ClO2. The van der Waals surface area contributed by atoms with Crippen molar-refractivity contribution in [2.45, 2.75) is 18.4 Å². The predicted molar refractivity (Wildman–Crippen MR) is 62.5 cm³/mol. The summed E-state index contributed by atoms with van der Waals surface area (Å²) >= 11 is 6.21. The number of ether oxygens (including phenoxy) is 1. The van der Waals surface area contributed by atoms with Crippen LogP contribution < -0.4 is 0 Å². The maximum Gasteiger partial charge on any atom is 0.199 e. The summed E-state index contributed by atoms with van der Waals surface area (Å²) in [6.07, 6.45) is 3.41. The van der Waals surface area contributed by atoms with Gasteiger partial charge in [-0.25, -0.2) is 0 Å². The number of halogens is 1. The maximum absolute atomic E-state index is 12.4. The summed E-state index contributed by atoms with van der Waals surface area (Å²) in [6.45, 7) is 0.634. The summed E-state index contributed by atoms with van der Waals surface area (Å²) < 4.78 is 5.61. The summed E-state index contributed by atoms with van der Waals surface area (Å²) in [5.74, 6) is 0.0463. The summed E-state index contributed by atoms with van der Waals surface area (Å²) in [4.78, 5) is 12.4. The van der Waals surface area contributed by atoms with Crippen LogP contribution in [-0.4, -0.2) is 18.0 Å². The van der Waals surface area contributed by atoms with Gasteiger partial charge in [0, 0.05) is 22.8 Å². The molecule has 0 bridgehead atoms. The lowest BCUT2D eigenvalue weighted by Crippen LogP contribution is -2.38. The zero-order chi connectivity index (χ0) is 11.2. The SMILES string of the molecule is O=C1c2ccccc2C(Cl)=CC12CCCO2. The van der Waals surface area contributed by atoms with Gasteiger partial charge in [0.2, 0.25) is 0 Å². The largest absolute Gasteiger partial charge is 0.363 e. The molecule has 1 aromatic carbocycles. The average molecular weight is 235 g/mol. The molecule has 0 saturated carbocycles. The van der Waals surface area contributed by atoms with Gasteiger partial charge in [-0.15, -0.1) is 0 Å². The average Bonchev–Trinajstić information content (AvgIpc) is 2.76. The fourth-order valence-electron chi connectivity index (χ4n) is 2.42. The van der Waals surface area contributed by atoms with Crippen LogP contribution in [0.3, 0.4) is 0 Å². The topological polar surface area (TPSA) is 26.3 Å². The number of carbonyl (C=O) groups excluding carboxylic acids is 1. The van der Waals surface area contributed by atoms with E-state index in [4.69, 9.17) is 16.3 Å². The van der Waals surface area contributed by atoms with Gasteiger partial charge in [-0.2, -0.15) is 0 Å². The molecule has 3 rings (SSSR count). The molecule has 82 valence electrons. The zero-order valence-electron chi connectivity index (χ0n) is 8.70. The molecule has 1 aliphatic heterocycles. The Hall–Kier alpha value is -1.12. The number of hydrogen-bond acceptors (Lipinski definition) is 2. The van der Waals surface area contributed by atoms with Gasteiger partial charge in [0.15, 0.2) is 11.4 Å². The Balaban J connectivity index is 2.19. The van der Waals surface area contributed by atoms with Crippen molar-refractivity contribution in [1.29, 1.82) is 0 Å². The van der Waals surface area contributed by atoms with Crippen molar-refractivity contribution in [1.82, 2.24) is 0 Å². The van der Waals surface area contributed by atoms with E-state index in [2.05, 4.69) is 0 Å². The lowest BCUT2D eigenvalue weighted by molar-refractivity contribution is 0.0352. The highest BCUT2D eigenvalue weighted by Crippen LogP contribution is 2.40. The van der Waals surface area contributed by atoms with Crippen molar-refractivity contribution in [3.05, 3.63) is 41.5 Å². The Bertz CT molecular complexity index is 484. The predicted octanol–water partition coefficient (Wildman–Crippen LogP) is 3.01. The van der Waals surface area contributed by atoms with Gasteiger partial charge in [-0.3, -0.25) is 4.79 Å². The third kappa shape index (κ3) is 1.27. The van der Waals surface area contributed by atoms with E-state index in [0.717, 1.165) is 18.4 Å². The first-order valence-corrected chi connectivity index (χ1v) is 5.77. The molecule has 1 atom stereocenters. The molecule has 0 aromatic heterocycles. The fourth-order valence-corrected chi connectivity index (χ4v) is 2.76. The Morgan fingerprint density at radius 3 is 2.69 bits per heavy atom. The summed E-state index contributed by atoms with van der Waals surface area (Å²) in [5.41, 5.74) is 0.706. The maximum atomic E-state index is 12.4. The van der Waals surface area contributed by atoms with Crippen molar-refractivity contribution in [3.63, 3.8) is 0 Å². The molecular weight excluding hydrogens is 224 g/mol. The number of benzene rings is 1. The highest BCUT2D eigenvalue weighted by atomic mass is 35.5. The van der Waals surface area contributed by atoms with Gasteiger partial charge >= 0.3 is 0 Å². The van der Waals surface area contributed by atoms with Crippen LogP contribution in [0.5, 0.6) is 0 Å². The van der Waals surface area contributed by atoms with Crippen LogP contribution in [0.15, 0.2) is 30.3 Å². The molecule has 0 amide bonds. The normalized spacial score (nSPS) is 28.1. The number of Topliss-reactive ketones (excluding diaryl/α,β-unsaturated/α-hetero) is 1. The van der Waals surface area contributed by atoms with E-state index < -0.39 is 5.60 Å². The minimum absolute atomic E-state index is 0.0463.